The number of hydrogen-bond acceptors (Lipinski definition) is 5. The zero-order valence-corrected chi connectivity index (χ0v) is 14.6. The largest absolute Gasteiger partial charge is 0.512 e. The van der Waals surface area contributed by atoms with Gasteiger partial charge in [0.25, 0.3) is 5.91 Å². The Kier molecular flexibility index (Phi) is 6.36. The molecule has 0 unspecified atom stereocenters. The third kappa shape index (κ3) is 4.95. The van der Waals surface area contributed by atoms with Crippen molar-refractivity contribution in [3.8, 4) is 5.75 Å². The maximum absolute atomic E-state index is 12.4. The molecular formula is C18H17N3O3S. The van der Waals surface area contributed by atoms with Gasteiger partial charge in [0.15, 0.2) is 0 Å². The fraction of sp³-hybridized carbons (Fsp3) is 0.111. The summed E-state index contributed by atoms with van der Waals surface area (Å²) in [6.07, 6.45) is 4.43. The van der Waals surface area contributed by atoms with E-state index in [4.69, 9.17) is 17.0 Å². The number of aliphatic hydroxyl groups is 1. The van der Waals surface area contributed by atoms with Crippen LogP contribution in [-0.2, 0) is 4.79 Å². The summed E-state index contributed by atoms with van der Waals surface area (Å²) in [6, 6.07) is 10.4. The van der Waals surface area contributed by atoms with E-state index in [1.54, 1.807) is 48.8 Å². The van der Waals surface area contributed by atoms with Crippen LogP contribution in [0.2, 0.25) is 0 Å². The van der Waals surface area contributed by atoms with Crippen molar-refractivity contribution in [2.24, 2.45) is 4.99 Å². The van der Waals surface area contributed by atoms with Gasteiger partial charge in [-0.3, -0.25) is 9.78 Å². The number of allylic oxidation sites excluding steroid dienone is 1. The van der Waals surface area contributed by atoms with Gasteiger partial charge in [0.05, 0.1) is 18.4 Å². The van der Waals surface area contributed by atoms with Crippen molar-refractivity contribution in [2.45, 2.75) is 6.92 Å². The first-order chi connectivity index (χ1) is 12.0. The summed E-state index contributed by atoms with van der Waals surface area (Å²) in [4.78, 5) is 20.7. The van der Waals surface area contributed by atoms with Gasteiger partial charge in [-0.15, -0.1) is 0 Å². The zero-order valence-electron chi connectivity index (χ0n) is 13.8. The van der Waals surface area contributed by atoms with Crippen LogP contribution in [0.1, 0.15) is 12.5 Å². The van der Waals surface area contributed by atoms with Crippen molar-refractivity contribution in [1.29, 1.82) is 0 Å². The van der Waals surface area contributed by atoms with Crippen LogP contribution in [0.4, 0.5) is 5.69 Å². The topological polar surface area (TPSA) is 83.8 Å². The lowest BCUT2D eigenvalue weighted by molar-refractivity contribution is -0.112. The van der Waals surface area contributed by atoms with Crippen molar-refractivity contribution < 1.29 is 14.6 Å². The molecule has 25 heavy (non-hydrogen) atoms. The number of hydrogen-bond donors (Lipinski definition) is 2. The number of nitrogens with one attached hydrogen (secondary N) is 1. The third-order valence-corrected chi connectivity index (χ3v) is 3.57. The molecular weight excluding hydrogens is 338 g/mol. The molecule has 1 amide bonds. The summed E-state index contributed by atoms with van der Waals surface area (Å²) < 4.78 is 5.19. The smallest absolute Gasteiger partial charge is 0.260 e. The Balaban J connectivity index is 2.18. The highest BCUT2D eigenvalue weighted by atomic mass is 32.1. The molecule has 7 heteroatoms. The molecule has 1 aromatic heterocycles. The Morgan fingerprint density at radius 3 is 2.60 bits per heavy atom. The summed E-state index contributed by atoms with van der Waals surface area (Å²) in [7, 11) is 1.51. The van der Waals surface area contributed by atoms with Crippen LogP contribution < -0.4 is 10.1 Å². The van der Waals surface area contributed by atoms with Gasteiger partial charge in [-0.05, 0) is 31.2 Å². The first-order valence-corrected chi connectivity index (χ1v) is 7.76. The zero-order chi connectivity index (χ0) is 18.2. The molecule has 0 spiro atoms. The van der Waals surface area contributed by atoms with E-state index in [2.05, 4.69) is 15.3 Å². The number of nitrogens with zero attached hydrogens (tertiary/aromatic N) is 2. The lowest BCUT2D eigenvalue weighted by Crippen LogP contribution is -2.17. The Hall–Kier alpha value is -3.06. The Morgan fingerprint density at radius 1 is 1.28 bits per heavy atom. The average molecular weight is 355 g/mol. The summed E-state index contributed by atoms with van der Waals surface area (Å²) >= 11 is 5.20. The first kappa shape index (κ1) is 18.3. The second-order valence-corrected chi connectivity index (χ2v) is 5.34. The molecule has 0 bridgehead atoms. The monoisotopic (exact) mass is 355 g/mol. The van der Waals surface area contributed by atoms with E-state index >= 15 is 0 Å². The summed E-state index contributed by atoms with van der Waals surface area (Å²) in [6.45, 7) is 1.40. The molecule has 2 N–H and O–H groups in total. The first-order valence-electron chi connectivity index (χ1n) is 7.35. The Bertz CT molecular complexity index is 828. The highest BCUT2D eigenvalue weighted by Crippen LogP contribution is 2.23. The molecule has 0 aliphatic carbocycles. The maximum Gasteiger partial charge on any atom is 0.260 e. The average Bonchev–Trinajstić information content (AvgIpc) is 2.62. The molecule has 2 aromatic rings. The molecule has 0 saturated carbocycles. The molecule has 6 nitrogen and oxygen atoms in total. The number of ether oxygens (including phenoxy) is 1. The van der Waals surface area contributed by atoms with Crippen molar-refractivity contribution in [2.75, 3.05) is 12.4 Å². The quantitative estimate of drug-likeness (QED) is 0.372. The summed E-state index contributed by atoms with van der Waals surface area (Å²) in [5, 5.41) is 12.5. The molecule has 1 aromatic carbocycles. The highest BCUT2D eigenvalue weighted by Gasteiger charge is 2.14. The molecule has 0 aliphatic rings. The predicted octanol–water partition coefficient (Wildman–Crippen LogP) is 3.31. The fourth-order valence-corrected chi connectivity index (χ4v) is 2.13. The van der Waals surface area contributed by atoms with Crippen LogP contribution in [-0.4, -0.2) is 34.3 Å². The fourth-order valence-electron chi connectivity index (χ4n) is 1.95. The number of para-hydroxylation sites is 2. The van der Waals surface area contributed by atoms with Gasteiger partial charge in [-0.2, -0.15) is 0 Å². The number of carbonyl (C=O) groups excluding carboxylic acids is 1. The van der Waals surface area contributed by atoms with Crippen LogP contribution in [0.5, 0.6) is 5.75 Å². The number of rotatable bonds is 5. The van der Waals surface area contributed by atoms with Gasteiger partial charge in [0.1, 0.15) is 16.5 Å². The standard InChI is InChI=1S/C18H17N3O3S/c1-12(22)14(11-20-18(25)13-7-9-19-10-8-13)17(23)21-15-5-3-4-6-16(15)24-2/h3-11,22H,1-2H3,(H,21,23)/b14-12-,20-11?. The van der Waals surface area contributed by atoms with Gasteiger partial charge < -0.3 is 15.2 Å². The number of anilines is 1. The number of aliphatic imine (C=N–C) groups is 1. The Labute approximate surface area is 150 Å². The van der Waals surface area contributed by atoms with Gasteiger partial charge in [-0.1, -0.05) is 24.4 Å². The summed E-state index contributed by atoms with van der Waals surface area (Å²) in [5.74, 6) is -0.186. The van der Waals surface area contributed by atoms with E-state index in [0.717, 1.165) is 0 Å². The van der Waals surface area contributed by atoms with Crippen LogP contribution >= 0.6 is 12.2 Å². The normalized spacial score (nSPS) is 11.8. The number of pyridine rings is 1. The van der Waals surface area contributed by atoms with Crippen molar-refractivity contribution in [3.63, 3.8) is 0 Å². The molecule has 2 rings (SSSR count). The SMILES string of the molecule is COc1ccccc1NC(=O)/C(C=NC(=S)c1ccncc1)=C(/C)O. The van der Waals surface area contributed by atoms with Crippen LogP contribution in [0.15, 0.2) is 65.1 Å². The van der Waals surface area contributed by atoms with Gasteiger partial charge in [0, 0.05) is 24.2 Å². The number of thiocarbonyl (C=S) groups is 1. The number of benzene rings is 1. The molecule has 1 heterocycles. The Morgan fingerprint density at radius 2 is 1.96 bits per heavy atom. The van der Waals surface area contributed by atoms with E-state index in [1.165, 1.54) is 20.2 Å². The lowest BCUT2D eigenvalue weighted by atomic mass is 10.2. The van der Waals surface area contributed by atoms with Crippen molar-refractivity contribution in [1.82, 2.24) is 4.98 Å². The minimum Gasteiger partial charge on any atom is -0.512 e. The van der Waals surface area contributed by atoms with Crippen LogP contribution in [0, 0.1) is 0 Å². The minimum absolute atomic E-state index is 0.00214. The molecule has 0 atom stereocenters. The van der Waals surface area contributed by atoms with Crippen molar-refractivity contribution in [3.05, 3.63) is 65.7 Å². The van der Waals surface area contributed by atoms with Crippen molar-refractivity contribution >= 4 is 35.0 Å². The van der Waals surface area contributed by atoms with E-state index in [0.29, 0.717) is 17.0 Å². The minimum atomic E-state index is -0.522. The van der Waals surface area contributed by atoms with E-state index in [9.17, 15) is 9.90 Å². The molecule has 0 aliphatic heterocycles. The number of aliphatic hydroxyl groups excluding tert-OH is 1. The summed E-state index contributed by atoms with van der Waals surface area (Å²) in [5.41, 5.74) is 1.18. The second kappa shape index (κ2) is 8.70. The van der Waals surface area contributed by atoms with Gasteiger partial charge in [-0.25, -0.2) is 4.99 Å². The van der Waals surface area contributed by atoms with Gasteiger partial charge in [0.2, 0.25) is 0 Å². The van der Waals surface area contributed by atoms with E-state index in [1.807, 2.05) is 0 Å². The molecule has 0 fully saturated rings. The highest BCUT2D eigenvalue weighted by molar-refractivity contribution is 7.80. The predicted molar refractivity (Wildman–Crippen MR) is 101 cm³/mol. The van der Waals surface area contributed by atoms with Crippen LogP contribution in [0.25, 0.3) is 0 Å². The lowest BCUT2D eigenvalue weighted by Gasteiger charge is -2.10. The molecule has 0 saturated heterocycles. The molecule has 128 valence electrons. The number of amides is 1. The second-order valence-electron chi connectivity index (χ2n) is 4.95. The number of aromatic nitrogens is 1. The molecule has 0 radical (unpaired) electrons. The van der Waals surface area contributed by atoms with Crippen LogP contribution in [0.3, 0.4) is 0 Å². The van der Waals surface area contributed by atoms with E-state index < -0.39 is 5.91 Å². The van der Waals surface area contributed by atoms with Gasteiger partial charge >= 0.3 is 0 Å². The number of carbonyl (C=O) groups is 1. The number of methoxy groups -OCH3 is 1. The van der Waals surface area contributed by atoms with E-state index in [-0.39, 0.29) is 16.3 Å². The third-order valence-electron chi connectivity index (χ3n) is 3.23. The maximum atomic E-state index is 12.4.